The number of likely N-dealkylation sites (tertiary alicyclic amines) is 1. The number of carbonyl (C=O) groups is 2. The average molecular weight is 279 g/mol. The number of esters is 1. The lowest BCUT2D eigenvalue weighted by atomic mass is 9.98. The van der Waals surface area contributed by atoms with Crippen LogP contribution in [0.5, 0.6) is 0 Å². The molecular weight excluding hydrogens is 256 g/mol. The second-order valence-corrected chi connectivity index (χ2v) is 4.28. The Labute approximate surface area is 115 Å². The predicted octanol–water partition coefficient (Wildman–Crippen LogP) is 0.819. The van der Waals surface area contributed by atoms with Gasteiger partial charge in [-0.3, -0.25) is 9.59 Å². The Morgan fingerprint density at radius 3 is 2.78 bits per heavy atom. The van der Waals surface area contributed by atoms with E-state index in [1.54, 1.807) is 11.8 Å². The van der Waals surface area contributed by atoms with Gasteiger partial charge in [0.15, 0.2) is 0 Å². The summed E-state index contributed by atoms with van der Waals surface area (Å²) in [6, 6.07) is 0. The minimum Gasteiger partial charge on any atom is -0.466 e. The highest BCUT2D eigenvalue weighted by molar-refractivity contribution is 5.85. The summed E-state index contributed by atoms with van der Waals surface area (Å²) < 4.78 is 5.00. The summed E-state index contributed by atoms with van der Waals surface area (Å²) in [5.74, 6) is -0.186. The van der Waals surface area contributed by atoms with Crippen LogP contribution in [0, 0.1) is 5.92 Å². The molecule has 1 atom stereocenters. The Morgan fingerprint density at radius 2 is 2.17 bits per heavy atom. The van der Waals surface area contributed by atoms with E-state index in [0.29, 0.717) is 26.1 Å². The molecule has 1 N–H and O–H groups in total. The number of nitrogens with one attached hydrogen (secondary N) is 1. The summed E-state index contributed by atoms with van der Waals surface area (Å²) in [6.45, 7) is 4.17. The lowest BCUT2D eigenvalue weighted by Gasteiger charge is -2.31. The van der Waals surface area contributed by atoms with Crippen LogP contribution in [0.2, 0.25) is 0 Å². The maximum Gasteiger partial charge on any atom is 0.310 e. The molecule has 18 heavy (non-hydrogen) atoms. The summed E-state index contributed by atoms with van der Waals surface area (Å²) in [5, 5.41) is 2.95. The van der Waals surface area contributed by atoms with Gasteiger partial charge in [0.05, 0.1) is 12.5 Å². The zero-order valence-corrected chi connectivity index (χ0v) is 11.9. The molecule has 1 unspecified atom stereocenters. The monoisotopic (exact) mass is 278 g/mol. The number of hydrogen-bond donors (Lipinski definition) is 1. The van der Waals surface area contributed by atoms with Crippen molar-refractivity contribution in [2.24, 2.45) is 5.92 Å². The van der Waals surface area contributed by atoms with Crippen LogP contribution < -0.4 is 5.32 Å². The molecule has 106 valence electrons. The average Bonchev–Trinajstić information content (AvgIpc) is 2.36. The van der Waals surface area contributed by atoms with Crippen LogP contribution in [-0.4, -0.2) is 50.1 Å². The molecule has 1 rings (SSSR count). The largest absolute Gasteiger partial charge is 0.466 e. The van der Waals surface area contributed by atoms with Crippen molar-refractivity contribution in [3.8, 4) is 0 Å². The van der Waals surface area contributed by atoms with Crippen molar-refractivity contribution in [3.05, 3.63) is 0 Å². The molecule has 1 aliphatic rings. The van der Waals surface area contributed by atoms with Crippen LogP contribution in [0.1, 0.15) is 26.2 Å². The number of nitrogens with zero attached hydrogens (tertiary/aromatic N) is 1. The molecule has 1 heterocycles. The van der Waals surface area contributed by atoms with Crippen molar-refractivity contribution in [1.82, 2.24) is 10.2 Å². The number of ether oxygens (including phenoxy) is 1. The molecule has 1 aliphatic heterocycles. The molecule has 1 amide bonds. The number of rotatable bonds is 5. The van der Waals surface area contributed by atoms with Gasteiger partial charge in [0.2, 0.25) is 5.91 Å². The van der Waals surface area contributed by atoms with Gasteiger partial charge in [-0.05, 0) is 26.8 Å². The Bertz CT molecular complexity index is 274. The minimum absolute atomic E-state index is 0. The van der Waals surface area contributed by atoms with Gasteiger partial charge >= 0.3 is 5.97 Å². The van der Waals surface area contributed by atoms with E-state index in [9.17, 15) is 9.59 Å². The fraction of sp³-hybridized carbons (Fsp3) is 0.833. The van der Waals surface area contributed by atoms with Gasteiger partial charge in [-0.15, -0.1) is 12.4 Å². The van der Waals surface area contributed by atoms with Crippen LogP contribution in [0.15, 0.2) is 0 Å². The van der Waals surface area contributed by atoms with Crippen molar-refractivity contribution in [2.75, 3.05) is 33.3 Å². The first-order valence-electron chi connectivity index (χ1n) is 6.28. The molecule has 6 heteroatoms. The van der Waals surface area contributed by atoms with Gasteiger partial charge in [-0.25, -0.2) is 0 Å². The molecule has 0 saturated carbocycles. The molecule has 0 aromatic carbocycles. The summed E-state index contributed by atoms with van der Waals surface area (Å²) in [7, 11) is 1.82. The lowest BCUT2D eigenvalue weighted by Crippen LogP contribution is -2.43. The first-order valence-corrected chi connectivity index (χ1v) is 6.28. The summed E-state index contributed by atoms with van der Waals surface area (Å²) in [5.41, 5.74) is 0. The minimum atomic E-state index is -0.168. The van der Waals surface area contributed by atoms with Gasteiger partial charge in [0, 0.05) is 26.1 Å². The third kappa shape index (κ3) is 5.23. The van der Waals surface area contributed by atoms with Gasteiger partial charge in [0.25, 0.3) is 0 Å². The number of amides is 1. The number of hydrogen-bond acceptors (Lipinski definition) is 4. The van der Waals surface area contributed by atoms with E-state index in [1.807, 2.05) is 7.05 Å². The molecule has 0 spiro atoms. The number of carbonyl (C=O) groups excluding carboxylic acids is 2. The second-order valence-electron chi connectivity index (χ2n) is 4.28. The molecule has 0 aromatic heterocycles. The van der Waals surface area contributed by atoms with Crippen molar-refractivity contribution in [2.45, 2.75) is 26.2 Å². The topological polar surface area (TPSA) is 58.6 Å². The van der Waals surface area contributed by atoms with Crippen LogP contribution in [-0.2, 0) is 14.3 Å². The predicted molar refractivity (Wildman–Crippen MR) is 71.7 cm³/mol. The molecule has 1 fully saturated rings. The van der Waals surface area contributed by atoms with Crippen molar-refractivity contribution < 1.29 is 14.3 Å². The highest BCUT2D eigenvalue weighted by atomic mass is 35.5. The van der Waals surface area contributed by atoms with E-state index < -0.39 is 0 Å². The van der Waals surface area contributed by atoms with Gasteiger partial charge in [-0.1, -0.05) is 0 Å². The van der Waals surface area contributed by atoms with E-state index in [0.717, 1.165) is 19.4 Å². The van der Waals surface area contributed by atoms with Crippen molar-refractivity contribution in [1.29, 1.82) is 0 Å². The lowest BCUT2D eigenvalue weighted by molar-refractivity contribution is -0.151. The zero-order chi connectivity index (χ0) is 12.7. The second kappa shape index (κ2) is 9.16. The van der Waals surface area contributed by atoms with Gasteiger partial charge in [0.1, 0.15) is 0 Å². The Morgan fingerprint density at radius 1 is 1.44 bits per heavy atom. The highest BCUT2D eigenvalue weighted by Gasteiger charge is 2.28. The molecule has 0 aliphatic carbocycles. The SMILES string of the molecule is CCOC(=O)C1CCCN(C(=O)CCNC)C1.Cl. The van der Waals surface area contributed by atoms with E-state index in [2.05, 4.69) is 5.32 Å². The number of piperidine rings is 1. The summed E-state index contributed by atoms with van der Waals surface area (Å²) >= 11 is 0. The van der Waals surface area contributed by atoms with Crippen LogP contribution in [0.25, 0.3) is 0 Å². The molecule has 0 radical (unpaired) electrons. The van der Waals surface area contributed by atoms with Crippen LogP contribution in [0.4, 0.5) is 0 Å². The third-order valence-electron chi connectivity index (χ3n) is 2.98. The van der Waals surface area contributed by atoms with Gasteiger partial charge < -0.3 is 15.0 Å². The van der Waals surface area contributed by atoms with Crippen molar-refractivity contribution in [3.63, 3.8) is 0 Å². The fourth-order valence-electron chi connectivity index (χ4n) is 2.05. The van der Waals surface area contributed by atoms with E-state index in [4.69, 9.17) is 4.74 Å². The van der Waals surface area contributed by atoms with Crippen LogP contribution in [0.3, 0.4) is 0 Å². The summed E-state index contributed by atoms with van der Waals surface area (Å²) in [4.78, 5) is 25.2. The maximum absolute atomic E-state index is 11.8. The Balaban J connectivity index is 0.00000289. The smallest absolute Gasteiger partial charge is 0.310 e. The fourth-order valence-corrected chi connectivity index (χ4v) is 2.05. The van der Waals surface area contributed by atoms with Gasteiger partial charge in [-0.2, -0.15) is 0 Å². The maximum atomic E-state index is 11.8. The molecule has 0 aromatic rings. The third-order valence-corrected chi connectivity index (χ3v) is 2.98. The highest BCUT2D eigenvalue weighted by Crippen LogP contribution is 2.18. The molecular formula is C12H23ClN2O3. The first kappa shape index (κ1) is 17.2. The first-order chi connectivity index (χ1) is 8.19. The standard InChI is InChI=1S/C12H22N2O3.ClH/c1-3-17-12(16)10-5-4-8-14(9-10)11(15)6-7-13-2;/h10,13H,3-9H2,1-2H3;1H. The summed E-state index contributed by atoms with van der Waals surface area (Å²) in [6.07, 6.45) is 2.20. The molecule has 5 nitrogen and oxygen atoms in total. The Hall–Kier alpha value is -0.810. The normalized spacial score (nSPS) is 19.0. The van der Waals surface area contributed by atoms with Crippen molar-refractivity contribution >= 4 is 24.3 Å². The quantitative estimate of drug-likeness (QED) is 0.757. The van der Waals surface area contributed by atoms with E-state index >= 15 is 0 Å². The number of halogens is 1. The zero-order valence-electron chi connectivity index (χ0n) is 11.1. The van der Waals surface area contributed by atoms with E-state index in [-0.39, 0.29) is 30.2 Å². The van der Waals surface area contributed by atoms with E-state index in [1.165, 1.54) is 0 Å². The molecule has 0 bridgehead atoms. The molecule has 1 saturated heterocycles. The Kier molecular flexibility index (Phi) is 8.75. The van der Waals surface area contributed by atoms with Crippen LogP contribution >= 0.6 is 12.4 Å².